The zero-order valence-electron chi connectivity index (χ0n) is 12.2. The summed E-state index contributed by atoms with van der Waals surface area (Å²) in [6.07, 6.45) is 6.59. The van der Waals surface area contributed by atoms with Crippen LogP contribution in [-0.2, 0) is 4.74 Å². The van der Waals surface area contributed by atoms with Gasteiger partial charge in [0.2, 0.25) is 0 Å². The summed E-state index contributed by atoms with van der Waals surface area (Å²) in [5.41, 5.74) is 1.90. The highest BCUT2D eigenvalue weighted by Gasteiger charge is 2.43. The Hall–Kier alpha value is -0.570. The molecule has 1 unspecified atom stereocenters. The second-order valence-corrected chi connectivity index (χ2v) is 6.93. The zero-order chi connectivity index (χ0) is 14.0. The third-order valence-corrected chi connectivity index (χ3v) is 5.07. The first kappa shape index (κ1) is 14.4. The number of hydrogen-bond acceptors (Lipinski definition) is 2. The Balaban J connectivity index is 1.59. The standard InChI is InChI=1S/C17H24ClNO/c1-20-11-10-17(8-9-17)12-19-16(13-2-3-13)14-4-6-15(18)7-5-14/h4-7,13,16,19H,2-3,8-12H2,1H3. The van der Waals surface area contributed by atoms with E-state index in [-0.39, 0.29) is 0 Å². The van der Waals surface area contributed by atoms with Crippen molar-refractivity contribution < 1.29 is 4.74 Å². The number of methoxy groups -OCH3 is 1. The molecule has 0 bridgehead atoms. The van der Waals surface area contributed by atoms with Gasteiger partial charge in [-0.1, -0.05) is 23.7 Å². The van der Waals surface area contributed by atoms with Gasteiger partial charge in [0, 0.05) is 31.3 Å². The largest absolute Gasteiger partial charge is 0.385 e. The van der Waals surface area contributed by atoms with Crippen LogP contribution in [0.2, 0.25) is 5.02 Å². The highest BCUT2D eigenvalue weighted by molar-refractivity contribution is 6.30. The molecule has 1 aromatic rings. The quantitative estimate of drug-likeness (QED) is 0.776. The molecule has 2 aliphatic carbocycles. The van der Waals surface area contributed by atoms with Crippen molar-refractivity contribution in [3.05, 3.63) is 34.9 Å². The van der Waals surface area contributed by atoms with Crippen molar-refractivity contribution in [2.24, 2.45) is 11.3 Å². The van der Waals surface area contributed by atoms with E-state index in [1.54, 1.807) is 7.11 Å². The van der Waals surface area contributed by atoms with Crippen LogP contribution in [0.5, 0.6) is 0 Å². The molecule has 2 aliphatic rings. The number of nitrogens with one attached hydrogen (secondary N) is 1. The lowest BCUT2D eigenvalue weighted by atomic mass is 9.99. The summed E-state index contributed by atoms with van der Waals surface area (Å²) in [6.45, 7) is 2.01. The van der Waals surface area contributed by atoms with Crippen molar-refractivity contribution in [1.29, 1.82) is 0 Å². The lowest BCUT2D eigenvalue weighted by Gasteiger charge is -2.23. The molecule has 2 fully saturated rings. The van der Waals surface area contributed by atoms with Gasteiger partial charge in [0.25, 0.3) is 0 Å². The number of hydrogen-bond donors (Lipinski definition) is 1. The van der Waals surface area contributed by atoms with Crippen molar-refractivity contribution in [1.82, 2.24) is 5.32 Å². The summed E-state index contributed by atoms with van der Waals surface area (Å²) < 4.78 is 5.24. The minimum atomic E-state index is 0.507. The molecule has 0 aromatic heterocycles. The van der Waals surface area contributed by atoms with Crippen LogP contribution in [0.25, 0.3) is 0 Å². The van der Waals surface area contributed by atoms with E-state index in [4.69, 9.17) is 16.3 Å². The van der Waals surface area contributed by atoms with Gasteiger partial charge in [-0.2, -0.15) is 0 Å². The molecular formula is C17H24ClNO. The molecule has 0 amide bonds. The number of halogens is 1. The second-order valence-electron chi connectivity index (χ2n) is 6.49. The van der Waals surface area contributed by atoms with E-state index in [1.165, 1.54) is 37.7 Å². The van der Waals surface area contributed by atoms with Gasteiger partial charge in [-0.05, 0) is 61.1 Å². The molecule has 0 radical (unpaired) electrons. The maximum Gasteiger partial charge on any atom is 0.0468 e. The Labute approximate surface area is 126 Å². The fourth-order valence-electron chi connectivity index (χ4n) is 2.99. The average molecular weight is 294 g/mol. The minimum Gasteiger partial charge on any atom is -0.385 e. The first-order valence-electron chi connectivity index (χ1n) is 7.70. The first-order valence-corrected chi connectivity index (χ1v) is 8.08. The van der Waals surface area contributed by atoms with Crippen molar-refractivity contribution in [2.45, 2.75) is 38.1 Å². The van der Waals surface area contributed by atoms with Crippen LogP contribution in [0.15, 0.2) is 24.3 Å². The summed E-state index contributed by atoms with van der Waals surface area (Å²) in [6, 6.07) is 8.87. The predicted molar refractivity (Wildman–Crippen MR) is 83.1 cm³/mol. The van der Waals surface area contributed by atoms with Crippen LogP contribution in [0, 0.1) is 11.3 Å². The Bertz CT molecular complexity index is 437. The zero-order valence-corrected chi connectivity index (χ0v) is 13.0. The summed E-state index contributed by atoms with van der Waals surface area (Å²) in [5, 5.41) is 4.65. The van der Waals surface area contributed by atoms with Crippen molar-refractivity contribution in [3.8, 4) is 0 Å². The molecule has 1 atom stereocenters. The van der Waals surface area contributed by atoms with Gasteiger partial charge < -0.3 is 10.1 Å². The minimum absolute atomic E-state index is 0.507. The van der Waals surface area contributed by atoms with Gasteiger partial charge in [0.05, 0.1) is 0 Å². The van der Waals surface area contributed by atoms with Crippen molar-refractivity contribution in [3.63, 3.8) is 0 Å². The lowest BCUT2D eigenvalue weighted by molar-refractivity contribution is 0.169. The summed E-state index contributed by atoms with van der Waals surface area (Å²) in [4.78, 5) is 0. The molecule has 3 heteroatoms. The molecule has 20 heavy (non-hydrogen) atoms. The lowest BCUT2D eigenvalue weighted by Crippen LogP contribution is -2.30. The van der Waals surface area contributed by atoms with Crippen LogP contribution in [0.4, 0.5) is 0 Å². The third-order valence-electron chi connectivity index (χ3n) is 4.81. The highest BCUT2D eigenvalue weighted by Crippen LogP contribution is 2.49. The van der Waals surface area contributed by atoms with Crippen LogP contribution in [-0.4, -0.2) is 20.3 Å². The molecule has 0 aliphatic heterocycles. The Morgan fingerprint density at radius 2 is 2.00 bits per heavy atom. The van der Waals surface area contributed by atoms with Crippen LogP contribution < -0.4 is 5.32 Å². The molecule has 110 valence electrons. The molecule has 0 spiro atoms. The maximum absolute atomic E-state index is 5.99. The molecule has 1 N–H and O–H groups in total. The monoisotopic (exact) mass is 293 g/mol. The Kier molecular flexibility index (Phi) is 4.34. The van der Waals surface area contributed by atoms with Crippen molar-refractivity contribution in [2.75, 3.05) is 20.3 Å². The van der Waals surface area contributed by atoms with E-state index in [1.807, 2.05) is 12.1 Å². The van der Waals surface area contributed by atoms with E-state index >= 15 is 0 Å². The van der Waals surface area contributed by atoms with E-state index < -0.39 is 0 Å². The van der Waals surface area contributed by atoms with Gasteiger partial charge in [-0.3, -0.25) is 0 Å². The maximum atomic E-state index is 5.99. The molecule has 2 saturated carbocycles. The van der Waals surface area contributed by atoms with Crippen molar-refractivity contribution >= 4 is 11.6 Å². The highest BCUT2D eigenvalue weighted by atomic mass is 35.5. The normalized spacial score (nSPS) is 21.7. The Morgan fingerprint density at radius 3 is 2.55 bits per heavy atom. The fraction of sp³-hybridized carbons (Fsp3) is 0.647. The fourth-order valence-corrected chi connectivity index (χ4v) is 3.12. The van der Waals surface area contributed by atoms with Crippen LogP contribution >= 0.6 is 11.6 Å². The van der Waals surface area contributed by atoms with Gasteiger partial charge in [0.15, 0.2) is 0 Å². The second kappa shape index (κ2) is 6.05. The van der Waals surface area contributed by atoms with E-state index in [0.29, 0.717) is 11.5 Å². The number of benzene rings is 1. The van der Waals surface area contributed by atoms with E-state index in [0.717, 1.165) is 24.1 Å². The van der Waals surface area contributed by atoms with E-state index in [9.17, 15) is 0 Å². The third kappa shape index (κ3) is 3.55. The molecule has 0 heterocycles. The smallest absolute Gasteiger partial charge is 0.0468 e. The summed E-state index contributed by atoms with van der Waals surface area (Å²) in [7, 11) is 1.80. The summed E-state index contributed by atoms with van der Waals surface area (Å²) in [5.74, 6) is 0.814. The first-order chi connectivity index (χ1) is 9.72. The van der Waals surface area contributed by atoms with Crippen LogP contribution in [0.1, 0.15) is 43.7 Å². The Morgan fingerprint density at radius 1 is 1.30 bits per heavy atom. The topological polar surface area (TPSA) is 21.3 Å². The molecule has 2 nitrogen and oxygen atoms in total. The molecule has 0 saturated heterocycles. The molecule has 1 aromatic carbocycles. The van der Waals surface area contributed by atoms with Gasteiger partial charge in [-0.25, -0.2) is 0 Å². The average Bonchev–Trinajstić information content (AvgIpc) is 3.35. The predicted octanol–water partition coefficient (Wildman–Crippen LogP) is 4.20. The number of ether oxygens (including phenoxy) is 1. The molecular weight excluding hydrogens is 270 g/mol. The number of rotatable bonds is 8. The van der Waals surface area contributed by atoms with Crippen LogP contribution in [0.3, 0.4) is 0 Å². The summed E-state index contributed by atoms with van der Waals surface area (Å²) >= 11 is 5.99. The van der Waals surface area contributed by atoms with Gasteiger partial charge >= 0.3 is 0 Å². The molecule has 3 rings (SSSR count). The van der Waals surface area contributed by atoms with E-state index in [2.05, 4.69) is 17.4 Å². The van der Waals surface area contributed by atoms with Gasteiger partial charge in [0.1, 0.15) is 0 Å². The van der Waals surface area contributed by atoms with Gasteiger partial charge in [-0.15, -0.1) is 0 Å². The SMILES string of the molecule is COCCC1(CNC(c2ccc(Cl)cc2)C2CC2)CC1.